The Bertz CT molecular complexity index is 234. The SMILES string of the molecule is O=[CH][Re]([CH]=O)([CH]=O)[CH]1C=CC=C1. The van der Waals surface area contributed by atoms with Gasteiger partial charge >= 0.3 is 72.9 Å². The molecule has 12 heavy (non-hydrogen) atoms. The van der Waals surface area contributed by atoms with E-state index in [1.54, 1.807) is 24.3 Å². The van der Waals surface area contributed by atoms with Crippen LogP contribution < -0.4 is 0 Å². The number of carbonyl (C=O) groups is 3. The van der Waals surface area contributed by atoms with Crippen molar-refractivity contribution in [3.63, 3.8) is 0 Å². The number of hydrogen-bond acceptors (Lipinski definition) is 3. The molecule has 0 saturated carbocycles. The summed E-state index contributed by atoms with van der Waals surface area (Å²) in [6.45, 7) is 0. The second-order valence-corrected chi connectivity index (χ2v) is 11.4. The van der Waals surface area contributed by atoms with E-state index in [1.165, 1.54) is 0 Å². The summed E-state index contributed by atoms with van der Waals surface area (Å²) in [5, 5.41) is 0. The van der Waals surface area contributed by atoms with Crippen molar-refractivity contribution >= 4 is 14.3 Å². The van der Waals surface area contributed by atoms with Crippen molar-refractivity contribution in [2.75, 3.05) is 0 Å². The first-order valence-corrected chi connectivity index (χ1v) is 9.52. The molecular formula is C8H8O3Re. The summed E-state index contributed by atoms with van der Waals surface area (Å²) in [4.78, 5) is 31.9. The summed E-state index contributed by atoms with van der Waals surface area (Å²) in [7, 11) is 0. The van der Waals surface area contributed by atoms with Gasteiger partial charge in [-0.15, -0.1) is 0 Å². The van der Waals surface area contributed by atoms with Gasteiger partial charge in [-0.3, -0.25) is 0 Å². The van der Waals surface area contributed by atoms with E-state index in [9.17, 15) is 14.4 Å². The Labute approximate surface area is 73.2 Å². The summed E-state index contributed by atoms with van der Waals surface area (Å²) < 4.78 is 1.55. The third-order valence-corrected chi connectivity index (χ3v) is 9.11. The van der Waals surface area contributed by atoms with Crippen molar-refractivity contribution in [2.45, 2.75) is 4.39 Å². The van der Waals surface area contributed by atoms with Gasteiger partial charge in [0.05, 0.1) is 0 Å². The van der Waals surface area contributed by atoms with Crippen LogP contribution in [0.5, 0.6) is 0 Å². The van der Waals surface area contributed by atoms with Gasteiger partial charge in [-0.25, -0.2) is 0 Å². The van der Waals surface area contributed by atoms with Crippen LogP contribution >= 0.6 is 0 Å². The van der Waals surface area contributed by atoms with Crippen LogP contribution in [0.4, 0.5) is 0 Å². The molecule has 0 aromatic carbocycles. The summed E-state index contributed by atoms with van der Waals surface area (Å²) in [5.41, 5.74) is 0. The van der Waals surface area contributed by atoms with Gasteiger partial charge in [0.1, 0.15) is 0 Å². The van der Waals surface area contributed by atoms with E-state index in [1.807, 2.05) is 0 Å². The molecule has 1 aliphatic rings. The molecule has 0 amide bonds. The molecule has 1 rings (SSSR count). The van der Waals surface area contributed by atoms with Crippen LogP contribution in [0.2, 0.25) is 4.39 Å². The molecule has 4 heteroatoms. The summed E-state index contributed by atoms with van der Waals surface area (Å²) in [6.07, 6.45) is 6.99. The molecule has 0 aliphatic heterocycles. The van der Waals surface area contributed by atoms with Crippen LogP contribution in [0.1, 0.15) is 0 Å². The molecule has 0 fully saturated rings. The zero-order chi connectivity index (χ0) is 9.03. The van der Waals surface area contributed by atoms with E-state index in [0.29, 0.717) is 14.3 Å². The molecule has 0 unspecified atom stereocenters. The van der Waals surface area contributed by atoms with Gasteiger partial charge in [-0.2, -0.15) is 0 Å². The molecule has 0 spiro atoms. The van der Waals surface area contributed by atoms with E-state index in [2.05, 4.69) is 0 Å². The van der Waals surface area contributed by atoms with Crippen molar-refractivity contribution < 1.29 is 29.9 Å². The summed E-state index contributed by atoms with van der Waals surface area (Å²) in [6, 6.07) is 0. The third-order valence-electron chi connectivity index (χ3n) is 1.60. The van der Waals surface area contributed by atoms with Crippen molar-refractivity contribution in [1.82, 2.24) is 0 Å². The number of hydrogen-bond donors (Lipinski definition) is 0. The first-order chi connectivity index (χ1) is 5.79. The first-order valence-electron chi connectivity index (χ1n) is 3.25. The van der Waals surface area contributed by atoms with Crippen molar-refractivity contribution in [2.24, 2.45) is 0 Å². The molecule has 0 saturated heterocycles. The van der Waals surface area contributed by atoms with Gasteiger partial charge in [0.25, 0.3) is 0 Å². The van der Waals surface area contributed by atoms with E-state index in [4.69, 9.17) is 0 Å². The maximum absolute atomic E-state index is 10.6. The third kappa shape index (κ3) is 1.36. The Morgan fingerprint density at radius 2 is 1.33 bits per heavy atom. The van der Waals surface area contributed by atoms with Crippen LogP contribution in [0, 0.1) is 0 Å². The Hall–Kier alpha value is -0.848. The van der Waals surface area contributed by atoms with Crippen molar-refractivity contribution in [3.8, 4) is 0 Å². The molecule has 0 aromatic heterocycles. The minimum atomic E-state index is -3.67. The van der Waals surface area contributed by atoms with E-state index < -0.39 is 15.5 Å². The standard InChI is InChI=1S/C5H5.3CHO.Re/c1-2-4-5-3-1;3*1-2;/h1-5H;3*1H;. The van der Waals surface area contributed by atoms with Crippen LogP contribution in [-0.4, -0.2) is 14.3 Å². The summed E-state index contributed by atoms with van der Waals surface area (Å²) in [5.74, 6) is 0. The van der Waals surface area contributed by atoms with Crippen LogP contribution in [0.15, 0.2) is 24.3 Å². The van der Waals surface area contributed by atoms with Crippen LogP contribution in [0.3, 0.4) is 0 Å². The fraction of sp³-hybridized carbons (Fsp3) is 0.125. The minimum absolute atomic E-state index is 0.211. The topological polar surface area (TPSA) is 51.2 Å². The van der Waals surface area contributed by atoms with Crippen LogP contribution in [0.25, 0.3) is 0 Å². The number of allylic oxidation sites excluding steroid dienone is 4. The molecule has 0 N–H and O–H groups in total. The van der Waals surface area contributed by atoms with E-state index in [0.717, 1.165) is 0 Å². The zero-order valence-corrected chi connectivity index (χ0v) is 8.94. The number of carbonyl (C=O) groups excluding carboxylic acids is 3. The van der Waals surface area contributed by atoms with Gasteiger partial charge in [0.15, 0.2) is 0 Å². The van der Waals surface area contributed by atoms with Gasteiger partial charge in [-0.1, -0.05) is 0 Å². The zero-order valence-electron chi connectivity index (χ0n) is 6.22. The second-order valence-electron chi connectivity index (χ2n) is 2.24. The Morgan fingerprint density at radius 1 is 0.917 bits per heavy atom. The molecule has 65 valence electrons. The first kappa shape index (κ1) is 9.24. The summed E-state index contributed by atoms with van der Waals surface area (Å²) >= 11 is -3.67. The van der Waals surface area contributed by atoms with Gasteiger partial charge < -0.3 is 0 Å². The van der Waals surface area contributed by atoms with Gasteiger partial charge in [0.2, 0.25) is 0 Å². The van der Waals surface area contributed by atoms with Gasteiger partial charge in [-0.05, 0) is 0 Å². The average molecular weight is 338 g/mol. The second kappa shape index (κ2) is 3.70. The Morgan fingerprint density at radius 3 is 1.67 bits per heavy atom. The molecule has 1 aliphatic carbocycles. The maximum atomic E-state index is 10.6. The fourth-order valence-corrected chi connectivity index (χ4v) is 5.04. The molecular weight excluding hydrogens is 330 g/mol. The monoisotopic (exact) mass is 339 g/mol. The predicted molar refractivity (Wildman–Crippen MR) is 42.3 cm³/mol. The van der Waals surface area contributed by atoms with E-state index >= 15 is 0 Å². The Balaban J connectivity index is 2.98. The quantitative estimate of drug-likeness (QED) is 0.707. The molecule has 0 aromatic rings. The van der Waals surface area contributed by atoms with Crippen LogP contribution in [-0.2, 0) is 29.9 Å². The normalized spacial score (nSPS) is 17.7. The molecule has 0 heterocycles. The molecule has 0 bridgehead atoms. The average Bonchev–Trinajstić information content (AvgIpc) is 2.62. The van der Waals surface area contributed by atoms with Gasteiger partial charge in [0, 0.05) is 0 Å². The molecule has 0 atom stereocenters. The predicted octanol–water partition coefficient (Wildman–Crippen LogP) is 0.625. The van der Waals surface area contributed by atoms with Crippen molar-refractivity contribution in [1.29, 1.82) is 0 Å². The molecule has 3 nitrogen and oxygen atoms in total. The number of rotatable bonds is 4. The van der Waals surface area contributed by atoms with E-state index in [-0.39, 0.29) is 4.39 Å². The fourth-order valence-electron chi connectivity index (χ4n) is 0.898. The Kier molecular flexibility index (Phi) is 2.85. The van der Waals surface area contributed by atoms with Crippen molar-refractivity contribution in [3.05, 3.63) is 24.3 Å². The molecule has 0 radical (unpaired) electrons.